The van der Waals surface area contributed by atoms with E-state index >= 15 is 0 Å². The lowest BCUT2D eigenvalue weighted by atomic mass is 9.97. The van der Waals surface area contributed by atoms with E-state index in [0.717, 1.165) is 11.1 Å². The van der Waals surface area contributed by atoms with Gasteiger partial charge in [0.25, 0.3) is 0 Å². The summed E-state index contributed by atoms with van der Waals surface area (Å²) in [6, 6.07) is 10.7. The van der Waals surface area contributed by atoms with Crippen LogP contribution in [0, 0.1) is 0 Å². The third-order valence-electron chi connectivity index (χ3n) is 3.56. The van der Waals surface area contributed by atoms with Crippen molar-refractivity contribution in [3.63, 3.8) is 0 Å². The van der Waals surface area contributed by atoms with Crippen molar-refractivity contribution in [1.82, 2.24) is 0 Å². The van der Waals surface area contributed by atoms with Gasteiger partial charge in [-0.2, -0.15) is 0 Å². The van der Waals surface area contributed by atoms with Gasteiger partial charge in [0, 0.05) is 22.2 Å². The molecular weight excluding hydrogens is 304 g/mol. The maximum absolute atomic E-state index is 11.1. The van der Waals surface area contributed by atoms with E-state index in [-0.39, 0.29) is 0 Å². The fourth-order valence-corrected chi connectivity index (χ4v) is 2.47. The van der Waals surface area contributed by atoms with Gasteiger partial charge < -0.3 is 14.6 Å². The van der Waals surface area contributed by atoms with Crippen molar-refractivity contribution >= 4 is 17.6 Å². The molecule has 0 aliphatic heterocycles. The number of methoxy groups -OCH3 is 2. The van der Waals surface area contributed by atoms with Crippen LogP contribution in [0.5, 0.6) is 11.5 Å². The number of rotatable bonds is 5. The molecular formula is C17H17ClO4. The molecule has 2 rings (SSSR count). The molecule has 1 unspecified atom stereocenters. The predicted octanol–water partition coefficient (Wildman–Crippen LogP) is 4.21. The van der Waals surface area contributed by atoms with Crippen LogP contribution < -0.4 is 9.47 Å². The van der Waals surface area contributed by atoms with E-state index in [9.17, 15) is 4.79 Å². The number of ether oxygens (including phenoxy) is 2. The second-order valence-corrected chi connectivity index (χ2v) is 5.27. The Kier molecular flexibility index (Phi) is 4.93. The number of hydrogen-bond acceptors (Lipinski definition) is 3. The highest BCUT2D eigenvalue weighted by atomic mass is 35.5. The third kappa shape index (κ3) is 3.17. The second kappa shape index (κ2) is 6.71. The molecule has 0 amide bonds. The van der Waals surface area contributed by atoms with Gasteiger partial charge in [-0.1, -0.05) is 23.7 Å². The summed E-state index contributed by atoms with van der Waals surface area (Å²) in [5.74, 6) is -0.164. The van der Waals surface area contributed by atoms with Gasteiger partial charge in [0.05, 0.1) is 20.1 Å². The lowest BCUT2D eigenvalue weighted by molar-refractivity contribution is -0.138. The molecule has 2 aromatic carbocycles. The minimum absolute atomic E-state index is 0.481. The number of hydrogen-bond donors (Lipinski definition) is 1. The van der Waals surface area contributed by atoms with Gasteiger partial charge >= 0.3 is 5.97 Å². The van der Waals surface area contributed by atoms with Gasteiger partial charge in [0.1, 0.15) is 11.5 Å². The van der Waals surface area contributed by atoms with Crippen LogP contribution in [-0.2, 0) is 4.79 Å². The highest BCUT2D eigenvalue weighted by molar-refractivity contribution is 6.33. The Morgan fingerprint density at radius 1 is 1.09 bits per heavy atom. The molecule has 0 saturated heterocycles. The molecule has 0 aliphatic rings. The maximum atomic E-state index is 11.1. The van der Waals surface area contributed by atoms with E-state index in [1.54, 1.807) is 45.4 Å². The van der Waals surface area contributed by atoms with Crippen LogP contribution in [0.1, 0.15) is 18.4 Å². The average Bonchev–Trinajstić information content (AvgIpc) is 2.53. The number of halogens is 1. The molecule has 0 heterocycles. The number of benzene rings is 2. The summed E-state index contributed by atoms with van der Waals surface area (Å²) in [5.41, 5.74) is 2.26. The van der Waals surface area contributed by atoms with Crippen molar-refractivity contribution < 1.29 is 19.4 Å². The molecule has 0 fully saturated rings. The topological polar surface area (TPSA) is 55.8 Å². The fraction of sp³-hybridized carbons (Fsp3) is 0.235. The Labute approximate surface area is 134 Å². The van der Waals surface area contributed by atoms with Crippen molar-refractivity contribution in [2.45, 2.75) is 12.8 Å². The largest absolute Gasteiger partial charge is 0.497 e. The first-order chi connectivity index (χ1) is 10.5. The molecule has 0 radical (unpaired) electrons. The number of aliphatic carboxylic acids is 1. The van der Waals surface area contributed by atoms with E-state index in [1.165, 1.54) is 0 Å². The molecule has 4 nitrogen and oxygen atoms in total. The number of carbonyl (C=O) groups is 1. The number of carboxylic acid groups (broad SMARTS) is 1. The summed E-state index contributed by atoms with van der Waals surface area (Å²) in [6.45, 7) is 1.63. The Bertz CT molecular complexity index is 697. The van der Waals surface area contributed by atoms with Gasteiger partial charge in [-0.15, -0.1) is 0 Å². The molecule has 22 heavy (non-hydrogen) atoms. The van der Waals surface area contributed by atoms with Crippen LogP contribution >= 0.6 is 11.6 Å². The molecule has 5 heteroatoms. The van der Waals surface area contributed by atoms with Crippen molar-refractivity contribution in [2.24, 2.45) is 0 Å². The summed E-state index contributed by atoms with van der Waals surface area (Å²) in [5, 5.41) is 9.56. The molecule has 2 aromatic rings. The molecule has 0 saturated carbocycles. The van der Waals surface area contributed by atoms with Crippen LogP contribution in [0.15, 0.2) is 36.4 Å². The highest BCUT2D eigenvalue weighted by Crippen LogP contribution is 2.38. The SMILES string of the molecule is COc1ccc(-c2ccc(C(C)C(=O)O)cc2Cl)c(OC)c1. The van der Waals surface area contributed by atoms with Crippen molar-refractivity contribution in [2.75, 3.05) is 14.2 Å². The molecule has 0 bridgehead atoms. The third-order valence-corrected chi connectivity index (χ3v) is 3.88. The zero-order chi connectivity index (χ0) is 16.3. The molecule has 1 N–H and O–H groups in total. The lowest BCUT2D eigenvalue weighted by Crippen LogP contribution is -2.07. The monoisotopic (exact) mass is 320 g/mol. The Morgan fingerprint density at radius 2 is 1.77 bits per heavy atom. The quantitative estimate of drug-likeness (QED) is 0.896. The normalized spacial score (nSPS) is 11.8. The first-order valence-electron chi connectivity index (χ1n) is 6.72. The maximum Gasteiger partial charge on any atom is 0.310 e. The van der Waals surface area contributed by atoms with E-state index in [4.69, 9.17) is 26.2 Å². The van der Waals surface area contributed by atoms with Gasteiger partial charge in [-0.05, 0) is 30.7 Å². The zero-order valence-electron chi connectivity index (χ0n) is 12.6. The van der Waals surface area contributed by atoms with Gasteiger partial charge in [0.2, 0.25) is 0 Å². The summed E-state index contributed by atoms with van der Waals surface area (Å²) >= 11 is 6.34. The van der Waals surface area contributed by atoms with Crippen LogP contribution in [0.25, 0.3) is 11.1 Å². The van der Waals surface area contributed by atoms with Crippen molar-refractivity contribution in [1.29, 1.82) is 0 Å². The predicted molar refractivity (Wildman–Crippen MR) is 86.0 cm³/mol. The van der Waals surface area contributed by atoms with Crippen molar-refractivity contribution in [3.05, 3.63) is 47.0 Å². The van der Waals surface area contributed by atoms with E-state index in [1.807, 2.05) is 12.1 Å². The average molecular weight is 321 g/mol. The van der Waals surface area contributed by atoms with Gasteiger partial charge in [-0.25, -0.2) is 0 Å². The zero-order valence-corrected chi connectivity index (χ0v) is 13.3. The minimum atomic E-state index is -0.883. The second-order valence-electron chi connectivity index (χ2n) is 4.87. The van der Waals surface area contributed by atoms with Crippen LogP contribution in [0.2, 0.25) is 5.02 Å². The Hall–Kier alpha value is -2.20. The standard InChI is InChI=1S/C17H17ClO4/c1-10(17(19)20)11-4-6-13(15(18)8-11)14-7-5-12(21-2)9-16(14)22-3/h4-10H,1-3H3,(H,19,20). The minimum Gasteiger partial charge on any atom is -0.497 e. The summed E-state index contributed by atoms with van der Waals surface area (Å²) in [4.78, 5) is 11.1. The van der Waals surface area contributed by atoms with Gasteiger partial charge in [-0.3, -0.25) is 4.79 Å². The summed E-state index contributed by atoms with van der Waals surface area (Å²) in [6.07, 6.45) is 0. The van der Waals surface area contributed by atoms with E-state index < -0.39 is 11.9 Å². The molecule has 0 aliphatic carbocycles. The van der Waals surface area contributed by atoms with E-state index in [2.05, 4.69) is 0 Å². The van der Waals surface area contributed by atoms with Crippen LogP contribution in [0.4, 0.5) is 0 Å². The first kappa shape index (κ1) is 16.2. The highest BCUT2D eigenvalue weighted by Gasteiger charge is 2.17. The fourth-order valence-electron chi connectivity index (χ4n) is 2.18. The summed E-state index contributed by atoms with van der Waals surface area (Å²) < 4.78 is 10.6. The summed E-state index contributed by atoms with van der Waals surface area (Å²) in [7, 11) is 3.16. The lowest BCUT2D eigenvalue weighted by Gasteiger charge is -2.14. The van der Waals surface area contributed by atoms with Crippen LogP contribution in [0.3, 0.4) is 0 Å². The van der Waals surface area contributed by atoms with E-state index in [0.29, 0.717) is 22.1 Å². The molecule has 0 spiro atoms. The van der Waals surface area contributed by atoms with Crippen molar-refractivity contribution in [3.8, 4) is 22.6 Å². The molecule has 116 valence electrons. The van der Waals surface area contributed by atoms with Gasteiger partial charge in [0.15, 0.2) is 0 Å². The molecule has 1 atom stereocenters. The van der Waals surface area contributed by atoms with Crippen LogP contribution in [-0.4, -0.2) is 25.3 Å². The Morgan fingerprint density at radius 3 is 2.32 bits per heavy atom. The first-order valence-corrected chi connectivity index (χ1v) is 7.10. The molecule has 0 aromatic heterocycles. The Balaban J connectivity index is 2.48. The number of carboxylic acids is 1. The smallest absolute Gasteiger partial charge is 0.310 e.